The Balaban J connectivity index is 4.50. The third-order valence-corrected chi connectivity index (χ3v) is 2.81. The molecule has 0 spiro atoms. The van der Waals surface area contributed by atoms with Crippen LogP contribution in [0.25, 0.3) is 0 Å². The van der Waals surface area contributed by atoms with Gasteiger partial charge in [0.05, 0.1) is 6.61 Å². The van der Waals surface area contributed by atoms with E-state index in [1.807, 2.05) is 11.6 Å². The maximum Gasteiger partial charge on any atom is 0.350 e. The molecule has 0 heterocycles. The fourth-order valence-corrected chi connectivity index (χ4v) is 1.68. The molecule has 8 heteroatoms. The van der Waals surface area contributed by atoms with Crippen molar-refractivity contribution in [3.05, 3.63) is 11.8 Å². The molecule has 0 amide bonds. The maximum absolute atomic E-state index is 11.4. The number of nitrogens with zero attached hydrogens (tertiary/aromatic N) is 1. The van der Waals surface area contributed by atoms with Gasteiger partial charge in [-0.2, -0.15) is 18.4 Å². The molecule has 0 bridgehead atoms. The summed E-state index contributed by atoms with van der Waals surface area (Å²) in [6.45, 7) is 3.92. The minimum Gasteiger partial charge on any atom is -0.462 e. The highest BCUT2D eigenvalue weighted by Gasteiger charge is 2.12. The third-order valence-electron chi connectivity index (χ3n) is 1.80. The average Bonchev–Trinajstić information content (AvgIpc) is 2.30. The van der Waals surface area contributed by atoms with Gasteiger partial charge in [-0.05, 0) is 13.3 Å². The number of hydrogen-bond acceptors (Lipinski definition) is 5. The zero-order valence-electron chi connectivity index (χ0n) is 10.4. The first kappa shape index (κ1) is 16.4. The average molecular weight is 275 g/mol. The first-order chi connectivity index (χ1) is 8.46. The van der Waals surface area contributed by atoms with E-state index in [9.17, 15) is 13.2 Å². The van der Waals surface area contributed by atoms with Crippen molar-refractivity contribution in [3.63, 3.8) is 0 Å². The lowest BCUT2D eigenvalue weighted by Gasteiger charge is -2.05. The molecule has 0 rings (SSSR count). The summed E-state index contributed by atoms with van der Waals surface area (Å²) in [5.41, 5.74) is -0.405. The molecule has 7 nitrogen and oxygen atoms in total. The van der Waals surface area contributed by atoms with Crippen LogP contribution in [0.15, 0.2) is 11.8 Å². The van der Waals surface area contributed by atoms with E-state index in [0.717, 1.165) is 12.6 Å². The number of esters is 1. The second kappa shape index (κ2) is 8.49. The van der Waals surface area contributed by atoms with Crippen LogP contribution >= 0.6 is 0 Å². The summed E-state index contributed by atoms with van der Waals surface area (Å²) in [6, 6.07) is 1.56. The lowest BCUT2D eigenvalue weighted by molar-refractivity contribution is -0.138. The Morgan fingerprint density at radius 2 is 2.11 bits per heavy atom. The Kier molecular flexibility index (Phi) is 7.74. The summed E-state index contributed by atoms with van der Waals surface area (Å²) in [5, 5.41) is 8.66. The van der Waals surface area contributed by atoms with Crippen LogP contribution in [0.2, 0.25) is 0 Å². The van der Waals surface area contributed by atoms with Crippen LogP contribution in [-0.4, -0.2) is 27.5 Å². The monoisotopic (exact) mass is 275 g/mol. The SMILES string of the molecule is CCCCNS(=O)(=O)N/C=C(\C#N)C(=O)OCC. The van der Waals surface area contributed by atoms with Crippen LogP contribution < -0.4 is 9.44 Å². The van der Waals surface area contributed by atoms with E-state index in [4.69, 9.17) is 5.26 Å². The molecule has 0 aliphatic heterocycles. The van der Waals surface area contributed by atoms with E-state index in [2.05, 4.69) is 9.46 Å². The highest BCUT2D eigenvalue weighted by molar-refractivity contribution is 7.87. The first-order valence-electron chi connectivity index (χ1n) is 5.51. The second-order valence-corrected chi connectivity index (χ2v) is 4.79. The Hall–Kier alpha value is -1.59. The van der Waals surface area contributed by atoms with Crippen molar-refractivity contribution in [1.82, 2.24) is 9.44 Å². The molecule has 0 aromatic rings. The first-order valence-corrected chi connectivity index (χ1v) is 6.99. The van der Waals surface area contributed by atoms with Crippen LogP contribution in [0.5, 0.6) is 0 Å². The molecule has 0 saturated heterocycles. The predicted octanol–water partition coefficient (Wildman–Crippen LogP) is 0.181. The van der Waals surface area contributed by atoms with Gasteiger partial charge in [-0.25, -0.2) is 4.79 Å². The fourth-order valence-electron chi connectivity index (χ4n) is 0.907. The van der Waals surface area contributed by atoms with E-state index < -0.39 is 21.8 Å². The van der Waals surface area contributed by atoms with E-state index in [0.29, 0.717) is 13.0 Å². The van der Waals surface area contributed by atoms with Crippen molar-refractivity contribution in [2.45, 2.75) is 26.7 Å². The van der Waals surface area contributed by atoms with Gasteiger partial charge in [0.15, 0.2) is 5.57 Å². The number of ether oxygens (including phenoxy) is 1. The zero-order valence-corrected chi connectivity index (χ0v) is 11.2. The van der Waals surface area contributed by atoms with Gasteiger partial charge >= 0.3 is 5.97 Å². The van der Waals surface area contributed by atoms with Crippen LogP contribution in [0.4, 0.5) is 0 Å². The zero-order chi connectivity index (χ0) is 14.0. The molecular formula is C10H17N3O4S. The molecule has 0 fully saturated rings. The van der Waals surface area contributed by atoms with Crippen molar-refractivity contribution in [1.29, 1.82) is 5.26 Å². The quantitative estimate of drug-likeness (QED) is 0.284. The summed E-state index contributed by atoms with van der Waals surface area (Å²) in [4.78, 5) is 11.2. The van der Waals surface area contributed by atoms with Crippen molar-refractivity contribution >= 4 is 16.2 Å². The smallest absolute Gasteiger partial charge is 0.350 e. The topological polar surface area (TPSA) is 108 Å². The molecule has 2 N–H and O–H groups in total. The van der Waals surface area contributed by atoms with Crippen LogP contribution in [0, 0.1) is 11.3 Å². The van der Waals surface area contributed by atoms with Crippen molar-refractivity contribution in [2.24, 2.45) is 0 Å². The van der Waals surface area contributed by atoms with E-state index in [1.54, 1.807) is 13.0 Å². The number of hydrogen-bond donors (Lipinski definition) is 2. The Labute approximate surface area is 107 Å². The normalized spacial score (nSPS) is 11.7. The molecule has 0 saturated carbocycles. The summed E-state index contributed by atoms with van der Waals surface area (Å²) in [7, 11) is -3.74. The molecular weight excluding hydrogens is 258 g/mol. The van der Waals surface area contributed by atoms with Crippen LogP contribution in [0.3, 0.4) is 0 Å². The largest absolute Gasteiger partial charge is 0.462 e. The maximum atomic E-state index is 11.4. The number of unbranched alkanes of at least 4 members (excludes halogenated alkanes) is 1. The molecule has 0 aliphatic rings. The van der Waals surface area contributed by atoms with Gasteiger partial charge in [0.2, 0.25) is 0 Å². The number of rotatable bonds is 8. The van der Waals surface area contributed by atoms with Crippen molar-refractivity contribution in [2.75, 3.05) is 13.2 Å². The van der Waals surface area contributed by atoms with E-state index >= 15 is 0 Å². The lowest BCUT2D eigenvalue weighted by Crippen LogP contribution is -2.34. The highest BCUT2D eigenvalue weighted by Crippen LogP contribution is 1.95. The summed E-state index contributed by atoms with van der Waals surface area (Å²) >= 11 is 0. The second-order valence-electron chi connectivity index (χ2n) is 3.26. The van der Waals surface area contributed by atoms with E-state index in [1.165, 1.54) is 0 Å². The Morgan fingerprint density at radius 3 is 2.61 bits per heavy atom. The van der Waals surface area contributed by atoms with Gasteiger partial charge in [-0.1, -0.05) is 13.3 Å². The number of carbonyl (C=O) groups is 1. The molecule has 18 heavy (non-hydrogen) atoms. The molecule has 0 unspecified atom stereocenters. The Morgan fingerprint density at radius 1 is 1.44 bits per heavy atom. The number of nitriles is 1. The minimum absolute atomic E-state index is 0.110. The van der Waals surface area contributed by atoms with Crippen molar-refractivity contribution < 1.29 is 17.9 Å². The lowest BCUT2D eigenvalue weighted by atomic mass is 10.3. The standard InChI is InChI=1S/C10H17N3O4S/c1-3-5-6-12-18(15,16)13-8-9(7-11)10(14)17-4-2/h8,12-13H,3-6H2,1-2H3/b9-8+. The summed E-state index contributed by atoms with van der Waals surface area (Å²) < 4.78 is 31.6. The Bertz CT molecular complexity index is 437. The molecule has 0 aromatic heterocycles. The molecule has 0 aromatic carbocycles. The molecule has 102 valence electrons. The molecule has 0 atom stereocenters. The third kappa shape index (κ3) is 6.88. The van der Waals surface area contributed by atoms with Gasteiger partial charge in [-0.15, -0.1) is 0 Å². The highest BCUT2D eigenvalue weighted by atomic mass is 32.2. The number of nitrogens with one attached hydrogen (secondary N) is 2. The van der Waals surface area contributed by atoms with Gasteiger partial charge in [0.1, 0.15) is 6.07 Å². The van der Waals surface area contributed by atoms with Crippen LogP contribution in [0.1, 0.15) is 26.7 Å². The fraction of sp³-hybridized carbons (Fsp3) is 0.600. The van der Waals surface area contributed by atoms with Crippen molar-refractivity contribution in [3.8, 4) is 6.07 Å². The van der Waals surface area contributed by atoms with Gasteiger partial charge in [-0.3, -0.25) is 4.72 Å². The summed E-state index contributed by atoms with van der Waals surface area (Å²) in [5.74, 6) is -0.865. The minimum atomic E-state index is -3.74. The predicted molar refractivity (Wildman–Crippen MR) is 65.3 cm³/mol. The van der Waals surface area contributed by atoms with Crippen LogP contribution in [-0.2, 0) is 19.7 Å². The van der Waals surface area contributed by atoms with Gasteiger partial charge in [0, 0.05) is 12.7 Å². The summed E-state index contributed by atoms with van der Waals surface area (Å²) in [6.07, 6.45) is 2.37. The van der Waals surface area contributed by atoms with E-state index in [-0.39, 0.29) is 6.61 Å². The number of carbonyl (C=O) groups excluding carboxylic acids is 1. The van der Waals surface area contributed by atoms with Gasteiger partial charge in [0.25, 0.3) is 10.2 Å². The van der Waals surface area contributed by atoms with Gasteiger partial charge < -0.3 is 4.74 Å². The molecule has 0 aliphatic carbocycles. The molecule has 0 radical (unpaired) electrons.